The molecule has 24 heavy (non-hydrogen) atoms. The van der Waals surface area contributed by atoms with Crippen molar-refractivity contribution < 1.29 is 4.98 Å². The van der Waals surface area contributed by atoms with Gasteiger partial charge >= 0.3 is 5.95 Å². The van der Waals surface area contributed by atoms with E-state index in [4.69, 9.17) is 11.5 Å². The molecule has 4 aromatic rings. The summed E-state index contributed by atoms with van der Waals surface area (Å²) in [7, 11) is 0. The SMILES string of the molecule is Cc1ccc(-c2cc3[nH]c(N)[nH+]c(N)c3c3ccnc23)cc1N=O. The molecule has 0 bridgehead atoms. The standard InChI is InChI=1S/C17H14N6O/c1-8-2-3-9(6-12(8)23-24)11-7-13-14(10-4-5-20-15(10)11)16(18)22-17(19)21-13/h2-7H,18H2,1H3,(H3,19,21,22)/p+1. The number of hydrogen-bond donors (Lipinski definition) is 3. The second-order valence-electron chi connectivity index (χ2n) is 5.72. The summed E-state index contributed by atoms with van der Waals surface area (Å²) in [5.74, 6) is 0.842. The van der Waals surface area contributed by atoms with E-state index in [-0.39, 0.29) is 0 Å². The highest BCUT2D eigenvalue weighted by Gasteiger charge is 2.16. The molecule has 0 saturated carbocycles. The lowest BCUT2D eigenvalue weighted by atomic mass is 9.98. The predicted octanol–water partition coefficient (Wildman–Crippen LogP) is 3.07. The van der Waals surface area contributed by atoms with Gasteiger partial charge in [-0.1, -0.05) is 12.1 Å². The van der Waals surface area contributed by atoms with E-state index in [1.807, 2.05) is 31.2 Å². The Hall–Kier alpha value is -3.48. The van der Waals surface area contributed by atoms with Crippen LogP contribution in [0, 0.1) is 11.8 Å². The highest BCUT2D eigenvalue weighted by molar-refractivity contribution is 6.14. The molecule has 0 aliphatic carbocycles. The maximum absolute atomic E-state index is 11.0. The first kappa shape index (κ1) is 14.1. The Morgan fingerprint density at radius 2 is 2.04 bits per heavy atom. The fourth-order valence-electron chi connectivity index (χ4n) is 3.05. The molecular weight excluding hydrogens is 304 g/mol. The number of aryl methyl sites for hydroxylation is 1. The van der Waals surface area contributed by atoms with Crippen LogP contribution in [0.15, 0.2) is 41.7 Å². The summed E-state index contributed by atoms with van der Waals surface area (Å²) in [5, 5.41) is 4.84. The van der Waals surface area contributed by atoms with E-state index in [0.29, 0.717) is 17.5 Å². The zero-order valence-corrected chi connectivity index (χ0v) is 12.9. The summed E-state index contributed by atoms with van der Waals surface area (Å²) >= 11 is 0. The van der Waals surface area contributed by atoms with Crippen LogP contribution in [0.3, 0.4) is 0 Å². The number of nitrogen functional groups attached to an aromatic ring is 2. The van der Waals surface area contributed by atoms with Gasteiger partial charge in [0.25, 0.3) is 0 Å². The molecule has 2 aromatic heterocycles. The highest BCUT2D eigenvalue weighted by atomic mass is 16.3. The van der Waals surface area contributed by atoms with Crippen molar-refractivity contribution >= 4 is 39.3 Å². The molecule has 118 valence electrons. The van der Waals surface area contributed by atoms with Gasteiger partial charge in [0.05, 0.1) is 16.4 Å². The second-order valence-corrected chi connectivity index (χ2v) is 5.72. The normalized spacial score (nSPS) is 11.2. The minimum atomic E-state index is 0.365. The monoisotopic (exact) mass is 319 g/mol. The number of nitrogens with one attached hydrogen (secondary N) is 2. The molecule has 0 saturated heterocycles. The lowest BCUT2D eigenvalue weighted by molar-refractivity contribution is -0.344. The topological polar surface area (TPSA) is 124 Å². The number of anilines is 2. The fourth-order valence-corrected chi connectivity index (χ4v) is 3.05. The van der Waals surface area contributed by atoms with Crippen molar-refractivity contribution in [1.82, 2.24) is 9.97 Å². The van der Waals surface area contributed by atoms with Crippen LogP contribution in [0.2, 0.25) is 0 Å². The molecule has 0 fully saturated rings. The fraction of sp³-hybridized carbons (Fsp3) is 0.0588. The summed E-state index contributed by atoms with van der Waals surface area (Å²) in [4.78, 5) is 21.5. The smallest absolute Gasteiger partial charge is 0.309 e. The molecule has 0 atom stereocenters. The first-order valence-electron chi connectivity index (χ1n) is 7.40. The molecule has 7 heteroatoms. The molecule has 0 amide bonds. The maximum Gasteiger partial charge on any atom is 0.309 e. The van der Waals surface area contributed by atoms with Crippen molar-refractivity contribution in [2.24, 2.45) is 5.18 Å². The number of aromatic nitrogens is 3. The van der Waals surface area contributed by atoms with E-state index in [1.54, 1.807) is 12.3 Å². The van der Waals surface area contributed by atoms with Gasteiger partial charge in [0.15, 0.2) is 0 Å². The molecule has 0 aliphatic rings. The van der Waals surface area contributed by atoms with E-state index in [1.165, 1.54) is 0 Å². The van der Waals surface area contributed by atoms with Gasteiger partial charge < -0.3 is 11.5 Å². The summed E-state index contributed by atoms with van der Waals surface area (Å²) < 4.78 is 0. The van der Waals surface area contributed by atoms with E-state index in [0.717, 1.165) is 38.5 Å². The predicted molar refractivity (Wildman–Crippen MR) is 94.6 cm³/mol. The molecular formula is C17H15N6O+. The number of H-pyrrole nitrogens is 2. The van der Waals surface area contributed by atoms with Crippen LogP contribution in [0.4, 0.5) is 17.5 Å². The third kappa shape index (κ3) is 1.98. The summed E-state index contributed by atoms with van der Waals surface area (Å²) in [5.41, 5.74) is 16.5. The Morgan fingerprint density at radius 1 is 1.21 bits per heavy atom. The van der Waals surface area contributed by atoms with Gasteiger partial charge in [-0.25, -0.2) is 4.98 Å². The first-order chi connectivity index (χ1) is 11.6. The second kappa shape index (κ2) is 5.02. The van der Waals surface area contributed by atoms with Crippen molar-refractivity contribution in [2.45, 2.75) is 6.92 Å². The van der Waals surface area contributed by atoms with Gasteiger partial charge in [0, 0.05) is 17.1 Å². The van der Waals surface area contributed by atoms with Gasteiger partial charge in [-0.3, -0.25) is 9.97 Å². The van der Waals surface area contributed by atoms with Gasteiger partial charge in [-0.05, 0) is 41.4 Å². The van der Waals surface area contributed by atoms with Crippen molar-refractivity contribution in [1.29, 1.82) is 0 Å². The van der Waals surface area contributed by atoms with Crippen LogP contribution >= 0.6 is 0 Å². The van der Waals surface area contributed by atoms with E-state index < -0.39 is 0 Å². The average Bonchev–Trinajstić information content (AvgIpc) is 3.03. The largest absolute Gasteiger partial charge is 0.334 e. The number of nitrogens with zero attached hydrogens (tertiary/aromatic N) is 2. The number of nitrogens with two attached hydrogens (primary N) is 2. The zero-order chi connectivity index (χ0) is 16.8. The molecule has 2 aromatic carbocycles. The number of fused-ring (bicyclic) bond motifs is 3. The molecule has 0 unspecified atom stereocenters. The number of benzene rings is 2. The Labute approximate surface area is 136 Å². The molecule has 6 N–H and O–H groups in total. The third-order valence-electron chi connectivity index (χ3n) is 4.21. The first-order valence-corrected chi connectivity index (χ1v) is 7.40. The van der Waals surface area contributed by atoms with Crippen LogP contribution in [-0.4, -0.2) is 9.97 Å². The molecule has 4 rings (SSSR count). The van der Waals surface area contributed by atoms with Gasteiger partial charge in [-0.2, -0.15) is 0 Å². The number of aromatic amines is 2. The van der Waals surface area contributed by atoms with Crippen LogP contribution in [0.5, 0.6) is 0 Å². The van der Waals surface area contributed by atoms with E-state index in [9.17, 15) is 4.91 Å². The van der Waals surface area contributed by atoms with Crippen LogP contribution in [0.25, 0.3) is 32.9 Å². The summed E-state index contributed by atoms with van der Waals surface area (Å²) in [6, 6.07) is 9.42. The van der Waals surface area contributed by atoms with Crippen molar-refractivity contribution in [3.05, 3.63) is 47.0 Å². The molecule has 2 heterocycles. The molecule has 0 aliphatic heterocycles. The van der Waals surface area contributed by atoms with Crippen molar-refractivity contribution in [3.63, 3.8) is 0 Å². The molecule has 7 nitrogen and oxygen atoms in total. The minimum Gasteiger partial charge on any atom is -0.334 e. The maximum atomic E-state index is 11.0. The number of rotatable bonds is 2. The van der Waals surface area contributed by atoms with E-state index in [2.05, 4.69) is 20.1 Å². The molecule has 0 radical (unpaired) electrons. The van der Waals surface area contributed by atoms with Crippen LogP contribution in [0.1, 0.15) is 5.56 Å². The Morgan fingerprint density at radius 3 is 2.83 bits per heavy atom. The number of nitroso groups, excluding NO2 is 1. The minimum absolute atomic E-state index is 0.365. The van der Waals surface area contributed by atoms with Gasteiger partial charge in [0.2, 0.25) is 5.82 Å². The Balaban J connectivity index is 2.11. The third-order valence-corrected chi connectivity index (χ3v) is 4.21. The quantitative estimate of drug-likeness (QED) is 0.491. The number of hydrogen-bond acceptors (Lipinski definition) is 5. The van der Waals surface area contributed by atoms with Crippen LogP contribution in [-0.2, 0) is 0 Å². The Kier molecular flexibility index (Phi) is 2.96. The average molecular weight is 319 g/mol. The van der Waals surface area contributed by atoms with Crippen molar-refractivity contribution in [3.8, 4) is 11.1 Å². The summed E-state index contributed by atoms with van der Waals surface area (Å²) in [6.45, 7) is 1.85. The highest BCUT2D eigenvalue weighted by Crippen LogP contribution is 2.36. The van der Waals surface area contributed by atoms with E-state index >= 15 is 0 Å². The lowest BCUT2D eigenvalue weighted by Gasteiger charge is -2.09. The lowest BCUT2D eigenvalue weighted by Crippen LogP contribution is -2.17. The van der Waals surface area contributed by atoms with Gasteiger partial charge in [0.1, 0.15) is 5.69 Å². The summed E-state index contributed by atoms with van der Waals surface area (Å²) in [6.07, 6.45) is 1.73. The van der Waals surface area contributed by atoms with Crippen molar-refractivity contribution in [2.75, 3.05) is 11.5 Å². The zero-order valence-electron chi connectivity index (χ0n) is 12.9. The molecule has 0 spiro atoms. The Bertz CT molecular complexity index is 1120. The van der Waals surface area contributed by atoms with Crippen LogP contribution < -0.4 is 16.5 Å². The van der Waals surface area contributed by atoms with Gasteiger partial charge in [-0.15, -0.1) is 4.91 Å².